The summed E-state index contributed by atoms with van der Waals surface area (Å²) in [7, 11) is 1.61. The van der Waals surface area contributed by atoms with Gasteiger partial charge in [-0.1, -0.05) is 44.0 Å². The van der Waals surface area contributed by atoms with Crippen LogP contribution in [0.25, 0.3) is 0 Å². The van der Waals surface area contributed by atoms with Crippen molar-refractivity contribution in [1.29, 1.82) is 0 Å². The van der Waals surface area contributed by atoms with Gasteiger partial charge >= 0.3 is 0 Å². The van der Waals surface area contributed by atoms with Crippen molar-refractivity contribution in [3.8, 4) is 5.75 Å². The van der Waals surface area contributed by atoms with Crippen LogP contribution in [0.2, 0.25) is 0 Å². The smallest absolute Gasteiger partial charge is 0.118 e. The van der Waals surface area contributed by atoms with Crippen LogP contribution in [0, 0.1) is 0 Å². The molecule has 0 aliphatic carbocycles. The normalized spacial score (nSPS) is 13.0. The Balaban J connectivity index is 2.79. The van der Waals surface area contributed by atoms with Crippen LogP contribution in [-0.4, -0.2) is 16.0 Å². The summed E-state index contributed by atoms with van der Waals surface area (Å²) in [6.07, 6.45) is -0.550. The highest BCUT2D eigenvalue weighted by Crippen LogP contribution is 2.27. The Hall–Kier alpha value is -0.0600. The van der Waals surface area contributed by atoms with Crippen LogP contribution in [0.15, 0.2) is 24.3 Å². The number of alkyl halides is 2. The van der Waals surface area contributed by atoms with Gasteiger partial charge in [-0.15, -0.1) is 0 Å². The van der Waals surface area contributed by atoms with Crippen molar-refractivity contribution in [3.63, 3.8) is 0 Å². The molecule has 0 amide bonds. The molecule has 72 valence electrons. The summed E-state index contributed by atoms with van der Waals surface area (Å²) < 4.78 is 4.87. The molecule has 4 heteroatoms. The molecule has 0 fully saturated rings. The fraction of sp³-hybridized carbons (Fsp3) is 0.333. The van der Waals surface area contributed by atoms with Crippen molar-refractivity contribution in [2.24, 2.45) is 0 Å². The van der Waals surface area contributed by atoms with Crippen molar-refractivity contribution in [1.82, 2.24) is 0 Å². The molecule has 0 bridgehead atoms. The van der Waals surface area contributed by atoms with E-state index in [1.54, 1.807) is 7.11 Å². The zero-order chi connectivity index (χ0) is 9.84. The van der Waals surface area contributed by atoms with Gasteiger partial charge in [-0.05, 0) is 17.7 Å². The third kappa shape index (κ3) is 2.97. The lowest BCUT2D eigenvalue weighted by Crippen LogP contribution is -2.04. The number of aliphatic hydroxyl groups is 1. The Morgan fingerprint density at radius 2 is 1.77 bits per heavy atom. The average Bonchev–Trinajstić information content (AvgIpc) is 2.17. The van der Waals surface area contributed by atoms with E-state index >= 15 is 0 Å². The van der Waals surface area contributed by atoms with E-state index in [1.165, 1.54) is 0 Å². The Morgan fingerprint density at radius 3 is 2.15 bits per heavy atom. The highest BCUT2D eigenvalue weighted by atomic mass is 79.9. The lowest BCUT2D eigenvalue weighted by molar-refractivity contribution is 0.199. The molecule has 0 aliphatic heterocycles. The van der Waals surface area contributed by atoms with Gasteiger partial charge in [0.25, 0.3) is 0 Å². The van der Waals surface area contributed by atoms with Crippen LogP contribution in [0.4, 0.5) is 0 Å². The minimum atomic E-state index is -0.550. The van der Waals surface area contributed by atoms with E-state index in [-0.39, 0.29) is 3.74 Å². The van der Waals surface area contributed by atoms with Gasteiger partial charge < -0.3 is 9.84 Å². The molecule has 1 atom stereocenters. The lowest BCUT2D eigenvalue weighted by Gasteiger charge is -2.12. The molecule has 2 nitrogen and oxygen atoms in total. The van der Waals surface area contributed by atoms with Crippen molar-refractivity contribution in [3.05, 3.63) is 29.8 Å². The lowest BCUT2D eigenvalue weighted by atomic mass is 10.1. The second-order valence-corrected chi connectivity index (χ2v) is 5.75. The zero-order valence-corrected chi connectivity index (χ0v) is 10.2. The van der Waals surface area contributed by atoms with Gasteiger partial charge in [0, 0.05) is 0 Å². The molecule has 0 saturated carbocycles. The molecular formula is C9H10Br2O2. The number of hydrogen-bond acceptors (Lipinski definition) is 2. The quantitative estimate of drug-likeness (QED) is 0.870. The predicted octanol–water partition coefficient (Wildman–Crippen LogP) is 2.84. The predicted molar refractivity (Wildman–Crippen MR) is 59.6 cm³/mol. The molecule has 0 aromatic heterocycles. The third-order valence-corrected chi connectivity index (χ3v) is 2.70. The molecule has 1 aromatic carbocycles. The molecule has 13 heavy (non-hydrogen) atoms. The fourth-order valence-corrected chi connectivity index (χ4v) is 1.56. The molecule has 0 radical (unpaired) electrons. The van der Waals surface area contributed by atoms with Crippen LogP contribution in [0.5, 0.6) is 5.75 Å². The highest BCUT2D eigenvalue weighted by Gasteiger charge is 2.14. The summed E-state index contributed by atoms with van der Waals surface area (Å²) >= 11 is 6.49. The fourth-order valence-electron chi connectivity index (χ4n) is 0.947. The van der Waals surface area contributed by atoms with E-state index in [4.69, 9.17) is 4.74 Å². The van der Waals surface area contributed by atoms with Crippen molar-refractivity contribution in [2.75, 3.05) is 7.11 Å². The Kier molecular flexibility index (Phi) is 4.22. The van der Waals surface area contributed by atoms with Crippen LogP contribution in [0.1, 0.15) is 11.7 Å². The van der Waals surface area contributed by atoms with Gasteiger partial charge in [-0.3, -0.25) is 0 Å². The van der Waals surface area contributed by atoms with Gasteiger partial charge in [0.05, 0.1) is 10.8 Å². The summed E-state index contributed by atoms with van der Waals surface area (Å²) in [4.78, 5) is 0. The third-order valence-electron chi connectivity index (χ3n) is 1.70. The second-order valence-electron chi connectivity index (χ2n) is 2.55. The molecule has 1 unspecified atom stereocenters. The Bertz CT molecular complexity index is 259. The van der Waals surface area contributed by atoms with E-state index in [1.807, 2.05) is 24.3 Å². The van der Waals surface area contributed by atoms with Crippen LogP contribution >= 0.6 is 31.9 Å². The number of methoxy groups -OCH3 is 1. The van der Waals surface area contributed by atoms with E-state index in [0.29, 0.717) is 0 Å². The van der Waals surface area contributed by atoms with Gasteiger partial charge in [0.15, 0.2) is 0 Å². The number of ether oxygens (including phenoxy) is 1. The van der Waals surface area contributed by atoms with Crippen molar-refractivity contribution >= 4 is 31.9 Å². The van der Waals surface area contributed by atoms with E-state index in [9.17, 15) is 5.11 Å². The first kappa shape index (κ1) is 11.0. The number of hydrogen-bond donors (Lipinski definition) is 1. The van der Waals surface area contributed by atoms with E-state index < -0.39 is 6.10 Å². The molecule has 0 heterocycles. The van der Waals surface area contributed by atoms with Gasteiger partial charge in [0.2, 0.25) is 0 Å². The topological polar surface area (TPSA) is 29.5 Å². The van der Waals surface area contributed by atoms with Gasteiger partial charge in [-0.25, -0.2) is 0 Å². The molecule has 1 N–H and O–H groups in total. The van der Waals surface area contributed by atoms with E-state index in [0.717, 1.165) is 11.3 Å². The molecule has 1 aromatic rings. The Labute approximate surface area is 94.2 Å². The number of halogens is 2. The molecule has 1 rings (SSSR count). The highest BCUT2D eigenvalue weighted by molar-refractivity contribution is 9.24. The largest absolute Gasteiger partial charge is 0.497 e. The van der Waals surface area contributed by atoms with Crippen molar-refractivity contribution < 1.29 is 9.84 Å². The number of benzene rings is 1. The average molecular weight is 310 g/mol. The number of aliphatic hydroxyl groups excluding tert-OH is 1. The van der Waals surface area contributed by atoms with Crippen LogP contribution in [0.3, 0.4) is 0 Å². The summed E-state index contributed by atoms with van der Waals surface area (Å²) in [5.74, 6) is 0.789. The maximum absolute atomic E-state index is 9.63. The first-order valence-electron chi connectivity index (χ1n) is 3.75. The minimum absolute atomic E-state index is 0.131. The standard InChI is InChI=1S/C9H10Br2O2/c1-13-7-4-2-6(3-5-7)8(12)9(10)11/h2-5,8-9,12H,1H3. The molecular weight excluding hydrogens is 300 g/mol. The van der Waals surface area contributed by atoms with Crippen LogP contribution < -0.4 is 4.74 Å². The molecule has 0 aliphatic rings. The SMILES string of the molecule is COc1ccc(C(O)C(Br)Br)cc1. The van der Waals surface area contributed by atoms with Gasteiger partial charge in [-0.2, -0.15) is 0 Å². The monoisotopic (exact) mass is 308 g/mol. The second kappa shape index (κ2) is 4.98. The van der Waals surface area contributed by atoms with Gasteiger partial charge in [0.1, 0.15) is 11.9 Å². The Morgan fingerprint density at radius 1 is 1.23 bits per heavy atom. The molecule has 0 spiro atoms. The van der Waals surface area contributed by atoms with Crippen LogP contribution in [-0.2, 0) is 0 Å². The van der Waals surface area contributed by atoms with E-state index in [2.05, 4.69) is 31.9 Å². The summed E-state index contributed by atoms with van der Waals surface area (Å²) in [6.45, 7) is 0. The first-order chi connectivity index (χ1) is 6.15. The number of rotatable bonds is 3. The summed E-state index contributed by atoms with van der Waals surface area (Å²) in [5.41, 5.74) is 0.847. The molecule has 0 saturated heterocycles. The summed E-state index contributed by atoms with van der Waals surface area (Å²) in [6, 6.07) is 7.31. The first-order valence-corrected chi connectivity index (χ1v) is 5.58. The van der Waals surface area contributed by atoms with Crippen molar-refractivity contribution in [2.45, 2.75) is 9.84 Å². The maximum atomic E-state index is 9.63. The minimum Gasteiger partial charge on any atom is -0.497 e. The maximum Gasteiger partial charge on any atom is 0.118 e. The summed E-state index contributed by atoms with van der Waals surface area (Å²) in [5, 5.41) is 9.63. The zero-order valence-electron chi connectivity index (χ0n) is 7.08.